The Morgan fingerprint density at radius 1 is 0.738 bits per heavy atom. The molecule has 3 aromatic rings. The topological polar surface area (TPSA) is 122 Å². The van der Waals surface area contributed by atoms with Gasteiger partial charge in [-0.1, -0.05) is 80.6 Å². The first-order chi connectivity index (χ1) is 20.3. The van der Waals surface area contributed by atoms with Gasteiger partial charge in [-0.05, 0) is 46.7 Å². The lowest BCUT2D eigenvalue weighted by molar-refractivity contribution is -0.161. The second-order valence-electron chi connectivity index (χ2n) is 11.4. The second kappa shape index (κ2) is 10.9. The monoisotopic (exact) mass is 565 g/mol. The summed E-state index contributed by atoms with van der Waals surface area (Å²) in [6.45, 7) is 3.09. The normalized spacial score (nSPS) is 22.2. The molecule has 42 heavy (non-hydrogen) atoms. The molecule has 0 radical (unpaired) electrons. The van der Waals surface area contributed by atoms with E-state index in [9.17, 15) is 24.0 Å². The van der Waals surface area contributed by atoms with Gasteiger partial charge in [-0.3, -0.25) is 34.9 Å². The summed E-state index contributed by atoms with van der Waals surface area (Å²) in [6, 6.07) is 23.0. The summed E-state index contributed by atoms with van der Waals surface area (Å²) >= 11 is 0. The van der Waals surface area contributed by atoms with Crippen LogP contribution in [0.25, 0.3) is 0 Å². The molecule has 4 aliphatic rings. The van der Waals surface area contributed by atoms with Gasteiger partial charge in [0.15, 0.2) is 6.61 Å². The number of carbonyl (C=O) groups is 5. The molecule has 1 aliphatic heterocycles. The minimum atomic E-state index is -1.17. The molecule has 3 aliphatic carbocycles. The minimum absolute atomic E-state index is 0.0455. The first-order valence-electron chi connectivity index (χ1n) is 14.1. The molecule has 7 rings (SSSR count). The number of likely N-dealkylation sites (tertiary alicyclic amines) is 1. The quantitative estimate of drug-likeness (QED) is 0.258. The third-order valence-corrected chi connectivity index (χ3v) is 8.46. The van der Waals surface area contributed by atoms with Gasteiger partial charge in [0, 0.05) is 17.4 Å². The van der Waals surface area contributed by atoms with Crippen LogP contribution in [0.15, 0.2) is 78.9 Å². The highest BCUT2D eigenvalue weighted by Gasteiger charge is 2.63. The summed E-state index contributed by atoms with van der Waals surface area (Å²) in [4.78, 5) is 67.3. The fourth-order valence-electron chi connectivity index (χ4n) is 6.82. The van der Waals surface area contributed by atoms with Crippen LogP contribution in [-0.2, 0) is 23.9 Å². The van der Waals surface area contributed by atoms with E-state index in [0.717, 1.165) is 27.2 Å². The Morgan fingerprint density at radius 3 is 1.69 bits per heavy atom. The molecule has 1 fully saturated rings. The van der Waals surface area contributed by atoms with Gasteiger partial charge in [-0.2, -0.15) is 0 Å². The maximum Gasteiger partial charge on any atom is 0.329 e. The molecule has 0 spiro atoms. The SMILES string of the molecule is CC(C)C[C@@H](C(=O)OCC(=O)NNC(=O)c1ccccc1)N1C(=O)[C@@H]2C3c4ccccc4C(c4ccccc43)[C@@H]2C1=O. The van der Waals surface area contributed by atoms with E-state index < -0.39 is 42.3 Å². The van der Waals surface area contributed by atoms with Gasteiger partial charge in [-0.25, -0.2) is 4.79 Å². The number of hydrogen-bond donors (Lipinski definition) is 2. The van der Waals surface area contributed by atoms with Crippen LogP contribution >= 0.6 is 0 Å². The Bertz CT molecular complexity index is 1470. The molecule has 1 saturated heterocycles. The average Bonchev–Trinajstić information content (AvgIpc) is 3.27. The van der Waals surface area contributed by atoms with E-state index in [2.05, 4.69) is 10.9 Å². The van der Waals surface area contributed by atoms with Crippen molar-refractivity contribution in [2.45, 2.75) is 38.1 Å². The van der Waals surface area contributed by atoms with E-state index in [0.29, 0.717) is 5.56 Å². The van der Waals surface area contributed by atoms with E-state index in [1.807, 2.05) is 62.4 Å². The number of rotatable bonds is 7. The van der Waals surface area contributed by atoms with Crippen LogP contribution in [0.2, 0.25) is 0 Å². The van der Waals surface area contributed by atoms with Crippen molar-refractivity contribution in [3.63, 3.8) is 0 Å². The average molecular weight is 566 g/mol. The van der Waals surface area contributed by atoms with Crippen LogP contribution in [0.5, 0.6) is 0 Å². The highest BCUT2D eigenvalue weighted by Crippen LogP contribution is 2.61. The largest absolute Gasteiger partial charge is 0.454 e. The van der Waals surface area contributed by atoms with Crippen LogP contribution in [-0.4, -0.2) is 47.1 Å². The summed E-state index contributed by atoms with van der Waals surface area (Å²) in [5.41, 5.74) is 9.01. The predicted molar refractivity (Wildman–Crippen MR) is 152 cm³/mol. The number of carbonyl (C=O) groups excluding carboxylic acids is 5. The lowest BCUT2D eigenvalue weighted by Gasteiger charge is -2.45. The van der Waals surface area contributed by atoms with Gasteiger partial charge >= 0.3 is 5.97 Å². The number of hydrazine groups is 1. The van der Waals surface area contributed by atoms with Crippen molar-refractivity contribution in [1.29, 1.82) is 0 Å². The van der Waals surface area contributed by atoms with Crippen molar-refractivity contribution in [1.82, 2.24) is 15.8 Å². The maximum atomic E-state index is 14.1. The van der Waals surface area contributed by atoms with Crippen LogP contribution < -0.4 is 10.9 Å². The molecule has 2 bridgehead atoms. The fraction of sp³-hybridized carbons (Fsp3) is 0.303. The number of amides is 4. The number of hydrogen-bond acceptors (Lipinski definition) is 6. The lowest BCUT2D eigenvalue weighted by Crippen LogP contribution is -2.48. The molecular weight excluding hydrogens is 534 g/mol. The summed E-state index contributed by atoms with van der Waals surface area (Å²) in [7, 11) is 0. The molecule has 0 aromatic heterocycles. The zero-order valence-corrected chi connectivity index (χ0v) is 23.3. The van der Waals surface area contributed by atoms with Crippen molar-refractivity contribution in [3.05, 3.63) is 107 Å². The highest BCUT2D eigenvalue weighted by atomic mass is 16.5. The summed E-state index contributed by atoms with van der Waals surface area (Å²) in [5, 5.41) is 0. The minimum Gasteiger partial charge on any atom is -0.454 e. The Balaban J connectivity index is 1.21. The third kappa shape index (κ3) is 4.55. The molecule has 0 saturated carbocycles. The van der Waals surface area contributed by atoms with Crippen LogP contribution in [0.4, 0.5) is 0 Å². The zero-order chi connectivity index (χ0) is 29.5. The van der Waals surface area contributed by atoms with Crippen LogP contribution in [0.1, 0.15) is 64.7 Å². The standard InChI is InChI=1S/C33H31N3O6/c1-18(2)16-24(33(41)42-17-25(37)34-35-30(38)19-10-4-3-5-11-19)36-31(39)28-26-20-12-6-7-13-21(20)27(29(28)32(36)40)23-15-9-8-14-22(23)26/h3-15,18,24,26-29H,16-17H2,1-2H3,(H,34,37)(H,35,38)/t24-,26?,27?,28-,29+/m0/s1. The molecule has 3 atom stereocenters. The number of nitrogens with one attached hydrogen (secondary N) is 2. The number of ether oxygens (including phenoxy) is 1. The van der Waals surface area contributed by atoms with Gasteiger partial charge in [0.2, 0.25) is 11.8 Å². The predicted octanol–water partition coefficient (Wildman–Crippen LogP) is 3.30. The van der Waals surface area contributed by atoms with Gasteiger partial charge < -0.3 is 4.74 Å². The Hall–Kier alpha value is -4.79. The summed E-state index contributed by atoms with van der Waals surface area (Å²) in [5.74, 6) is -4.75. The Labute approximate surface area is 243 Å². The number of imide groups is 1. The number of esters is 1. The first-order valence-corrected chi connectivity index (χ1v) is 14.1. The smallest absolute Gasteiger partial charge is 0.329 e. The zero-order valence-electron chi connectivity index (χ0n) is 23.3. The van der Waals surface area contributed by atoms with Crippen molar-refractivity contribution >= 4 is 29.6 Å². The van der Waals surface area contributed by atoms with E-state index in [1.54, 1.807) is 30.3 Å². The van der Waals surface area contributed by atoms with Crippen molar-refractivity contribution in [3.8, 4) is 0 Å². The molecule has 2 N–H and O–H groups in total. The molecule has 4 amide bonds. The van der Waals surface area contributed by atoms with Gasteiger partial charge in [0.1, 0.15) is 6.04 Å². The van der Waals surface area contributed by atoms with Crippen LogP contribution in [0.3, 0.4) is 0 Å². The molecule has 3 aromatic carbocycles. The molecule has 1 heterocycles. The van der Waals surface area contributed by atoms with Gasteiger partial charge in [0.05, 0.1) is 11.8 Å². The van der Waals surface area contributed by atoms with Crippen molar-refractivity contribution in [2.24, 2.45) is 17.8 Å². The third-order valence-electron chi connectivity index (χ3n) is 8.46. The molecule has 214 valence electrons. The van der Waals surface area contributed by atoms with E-state index in [4.69, 9.17) is 4.74 Å². The number of benzene rings is 3. The lowest BCUT2D eigenvalue weighted by atomic mass is 9.55. The Kier molecular flexibility index (Phi) is 7.10. The second-order valence-corrected chi connectivity index (χ2v) is 11.4. The molecule has 9 nitrogen and oxygen atoms in total. The highest BCUT2D eigenvalue weighted by molar-refractivity contribution is 6.10. The van der Waals surface area contributed by atoms with E-state index in [1.165, 1.54) is 0 Å². The van der Waals surface area contributed by atoms with Gasteiger partial charge in [0.25, 0.3) is 11.8 Å². The fourth-order valence-corrected chi connectivity index (χ4v) is 6.82. The molecule has 0 unspecified atom stereocenters. The van der Waals surface area contributed by atoms with Crippen molar-refractivity contribution in [2.75, 3.05) is 6.61 Å². The van der Waals surface area contributed by atoms with E-state index in [-0.39, 0.29) is 36.0 Å². The molecule has 9 heteroatoms. The first kappa shape index (κ1) is 27.4. The summed E-state index contributed by atoms with van der Waals surface area (Å²) < 4.78 is 5.31. The van der Waals surface area contributed by atoms with Crippen LogP contribution in [0, 0.1) is 17.8 Å². The summed E-state index contributed by atoms with van der Waals surface area (Å²) in [6.07, 6.45) is 0.192. The van der Waals surface area contributed by atoms with Gasteiger partial charge in [-0.15, -0.1) is 0 Å². The maximum absolute atomic E-state index is 14.1. The number of nitrogens with zero attached hydrogens (tertiary/aromatic N) is 1. The van der Waals surface area contributed by atoms with Crippen molar-refractivity contribution < 1.29 is 28.7 Å². The Morgan fingerprint density at radius 2 is 1.21 bits per heavy atom. The van der Waals surface area contributed by atoms with E-state index >= 15 is 0 Å². The molecular formula is C33H31N3O6.